The lowest BCUT2D eigenvalue weighted by molar-refractivity contribution is 0.206. The lowest BCUT2D eigenvalue weighted by Crippen LogP contribution is -2.45. The Hall–Kier alpha value is -0.900. The Balaban J connectivity index is 1.81. The molecule has 1 aromatic rings. The molecule has 3 nitrogen and oxygen atoms in total. The van der Waals surface area contributed by atoms with Gasteiger partial charge in [-0.3, -0.25) is 0 Å². The summed E-state index contributed by atoms with van der Waals surface area (Å²) >= 11 is 0. The van der Waals surface area contributed by atoms with Gasteiger partial charge in [-0.1, -0.05) is 30.3 Å². The van der Waals surface area contributed by atoms with Crippen molar-refractivity contribution in [3.05, 3.63) is 35.9 Å². The summed E-state index contributed by atoms with van der Waals surface area (Å²) in [4.78, 5) is 2.18. The van der Waals surface area contributed by atoms with Crippen LogP contribution in [0.25, 0.3) is 0 Å². The van der Waals surface area contributed by atoms with Crippen molar-refractivity contribution >= 4 is 0 Å². The standard InChI is InChI=1S/C16H26N2O/c1-14(13-18(2)10-11-19)17-16(8-9-16)12-15-6-4-3-5-7-15/h3-7,14,17,19H,8-13H2,1-2H3/t14-/m0/s1. The maximum absolute atomic E-state index is 8.93. The van der Waals surface area contributed by atoms with Crippen molar-refractivity contribution in [1.82, 2.24) is 10.2 Å². The number of hydrogen-bond acceptors (Lipinski definition) is 3. The Morgan fingerprint density at radius 1 is 1.32 bits per heavy atom. The normalized spacial score (nSPS) is 18.5. The van der Waals surface area contributed by atoms with Crippen molar-refractivity contribution in [3.8, 4) is 0 Å². The van der Waals surface area contributed by atoms with Gasteiger partial charge >= 0.3 is 0 Å². The zero-order valence-electron chi connectivity index (χ0n) is 12.1. The van der Waals surface area contributed by atoms with Crippen molar-refractivity contribution in [2.24, 2.45) is 0 Å². The van der Waals surface area contributed by atoms with Crippen LogP contribution < -0.4 is 5.32 Å². The highest BCUT2D eigenvalue weighted by Crippen LogP contribution is 2.39. The molecule has 2 rings (SSSR count). The van der Waals surface area contributed by atoms with E-state index in [4.69, 9.17) is 5.11 Å². The molecular weight excluding hydrogens is 236 g/mol. The van der Waals surface area contributed by atoms with Crippen LogP contribution in [0.4, 0.5) is 0 Å². The fraction of sp³-hybridized carbons (Fsp3) is 0.625. The Morgan fingerprint density at radius 2 is 2.00 bits per heavy atom. The molecule has 1 atom stereocenters. The van der Waals surface area contributed by atoms with Crippen LogP contribution in [-0.2, 0) is 6.42 Å². The molecule has 3 heteroatoms. The fourth-order valence-corrected chi connectivity index (χ4v) is 2.81. The van der Waals surface area contributed by atoms with Gasteiger partial charge in [0.15, 0.2) is 0 Å². The lowest BCUT2D eigenvalue weighted by Gasteiger charge is -2.26. The van der Waals surface area contributed by atoms with Gasteiger partial charge in [0.1, 0.15) is 0 Å². The number of rotatable bonds is 8. The summed E-state index contributed by atoms with van der Waals surface area (Å²) in [5.41, 5.74) is 1.74. The minimum Gasteiger partial charge on any atom is -0.395 e. The molecule has 0 spiro atoms. The van der Waals surface area contributed by atoms with Crippen LogP contribution in [0.5, 0.6) is 0 Å². The molecule has 1 aliphatic carbocycles. The number of benzene rings is 1. The molecular formula is C16H26N2O. The summed E-state index contributed by atoms with van der Waals surface area (Å²) in [6, 6.07) is 11.2. The van der Waals surface area contributed by atoms with E-state index < -0.39 is 0 Å². The third kappa shape index (κ3) is 4.60. The summed E-state index contributed by atoms with van der Waals surface area (Å²) in [7, 11) is 2.06. The van der Waals surface area contributed by atoms with Gasteiger partial charge in [0.25, 0.3) is 0 Å². The number of likely N-dealkylation sites (N-methyl/N-ethyl adjacent to an activating group) is 1. The summed E-state index contributed by atoms with van der Waals surface area (Å²) in [5.74, 6) is 0. The zero-order chi connectivity index (χ0) is 13.7. The molecule has 0 amide bonds. The molecule has 1 aliphatic rings. The molecule has 0 radical (unpaired) electrons. The van der Waals surface area contributed by atoms with Gasteiger partial charge in [0, 0.05) is 24.7 Å². The van der Waals surface area contributed by atoms with Crippen LogP contribution in [0, 0.1) is 0 Å². The highest BCUT2D eigenvalue weighted by atomic mass is 16.3. The van der Waals surface area contributed by atoms with Crippen molar-refractivity contribution < 1.29 is 5.11 Å². The molecule has 1 saturated carbocycles. The predicted molar refractivity (Wildman–Crippen MR) is 79.3 cm³/mol. The van der Waals surface area contributed by atoms with E-state index in [1.165, 1.54) is 18.4 Å². The van der Waals surface area contributed by atoms with Crippen molar-refractivity contribution in [2.75, 3.05) is 26.7 Å². The fourth-order valence-electron chi connectivity index (χ4n) is 2.81. The second kappa shape index (κ2) is 6.51. The van der Waals surface area contributed by atoms with Gasteiger partial charge in [-0.25, -0.2) is 0 Å². The van der Waals surface area contributed by atoms with Crippen molar-refractivity contribution in [2.45, 2.75) is 37.8 Å². The third-order valence-corrected chi connectivity index (χ3v) is 3.86. The minimum atomic E-state index is 0.235. The maximum Gasteiger partial charge on any atom is 0.0558 e. The summed E-state index contributed by atoms with van der Waals surface area (Å²) in [6.45, 7) is 4.20. The first kappa shape index (κ1) is 14.5. The number of aliphatic hydroxyl groups is 1. The van der Waals surface area contributed by atoms with E-state index in [-0.39, 0.29) is 6.61 Å². The molecule has 0 saturated heterocycles. The number of aliphatic hydroxyl groups excluding tert-OH is 1. The molecule has 0 aromatic heterocycles. The maximum atomic E-state index is 8.93. The average molecular weight is 262 g/mol. The largest absolute Gasteiger partial charge is 0.395 e. The van der Waals surface area contributed by atoms with Crippen LogP contribution in [0.3, 0.4) is 0 Å². The van der Waals surface area contributed by atoms with Crippen molar-refractivity contribution in [1.29, 1.82) is 0 Å². The first-order valence-corrected chi connectivity index (χ1v) is 7.25. The van der Waals surface area contributed by atoms with E-state index in [0.29, 0.717) is 11.6 Å². The zero-order valence-corrected chi connectivity index (χ0v) is 12.1. The summed E-state index contributed by atoms with van der Waals surface area (Å²) in [6.07, 6.45) is 3.67. The Kier molecular flexibility index (Phi) is 4.97. The van der Waals surface area contributed by atoms with Gasteiger partial charge < -0.3 is 15.3 Å². The van der Waals surface area contributed by atoms with E-state index in [1.807, 2.05) is 0 Å². The first-order chi connectivity index (χ1) is 9.13. The van der Waals surface area contributed by atoms with E-state index in [9.17, 15) is 0 Å². The van der Waals surface area contributed by atoms with Gasteiger partial charge in [0.2, 0.25) is 0 Å². The van der Waals surface area contributed by atoms with Gasteiger partial charge in [-0.2, -0.15) is 0 Å². The minimum absolute atomic E-state index is 0.235. The molecule has 0 heterocycles. The molecule has 0 bridgehead atoms. The van der Waals surface area contributed by atoms with E-state index in [0.717, 1.165) is 19.5 Å². The van der Waals surface area contributed by atoms with E-state index in [2.05, 4.69) is 54.5 Å². The van der Waals surface area contributed by atoms with Gasteiger partial charge in [0.05, 0.1) is 6.61 Å². The molecule has 0 aliphatic heterocycles. The van der Waals surface area contributed by atoms with Crippen molar-refractivity contribution in [3.63, 3.8) is 0 Å². The van der Waals surface area contributed by atoms with Crippen LogP contribution >= 0.6 is 0 Å². The van der Waals surface area contributed by atoms with E-state index >= 15 is 0 Å². The second-order valence-electron chi connectivity index (χ2n) is 5.97. The smallest absolute Gasteiger partial charge is 0.0558 e. The molecule has 1 aromatic carbocycles. The molecule has 1 fully saturated rings. The monoisotopic (exact) mass is 262 g/mol. The average Bonchev–Trinajstić information content (AvgIpc) is 3.09. The number of hydrogen-bond donors (Lipinski definition) is 2. The van der Waals surface area contributed by atoms with Crippen LogP contribution in [0.15, 0.2) is 30.3 Å². The number of nitrogens with one attached hydrogen (secondary N) is 1. The predicted octanol–water partition coefficient (Wildman–Crippen LogP) is 1.66. The summed E-state index contributed by atoms with van der Waals surface area (Å²) < 4.78 is 0. The second-order valence-corrected chi connectivity index (χ2v) is 5.97. The van der Waals surface area contributed by atoms with Crippen LogP contribution in [0.1, 0.15) is 25.3 Å². The first-order valence-electron chi connectivity index (χ1n) is 7.25. The third-order valence-electron chi connectivity index (χ3n) is 3.86. The van der Waals surface area contributed by atoms with Crippen LogP contribution in [-0.4, -0.2) is 48.3 Å². The van der Waals surface area contributed by atoms with E-state index in [1.54, 1.807) is 0 Å². The molecule has 0 unspecified atom stereocenters. The quantitative estimate of drug-likeness (QED) is 0.748. The lowest BCUT2D eigenvalue weighted by atomic mass is 10.0. The summed E-state index contributed by atoms with van der Waals surface area (Å²) in [5, 5.41) is 12.7. The Bertz CT molecular complexity index is 376. The van der Waals surface area contributed by atoms with Crippen LogP contribution in [0.2, 0.25) is 0 Å². The highest BCUT2D eigenvalue weighted by molar-refractivity contribution is 5.21. The highest BCUT2D eigenvalue weighted by Gasteiger charge is 2.43. The molecule has 106 valence electrons. The number of nitrogens with zero attached hydrogens (tertiary/aromatic N) is 1. The van der Waals surface area contributed by atoms with Gasteiger partial charge in [-0.05, 0) is 38.8 Å². The Labute approximate surface area is 116 Å². The molecule has 19 heavy (non-hydrogen) atoms. The topological polar surface area (TPSA) is 35.5 Å². The Morgan fingerprint density at radius 3 is 2.58 bits per heavy atom. The SMILES string of the molecule is C[C@@H](CN(C)CCO)NC1(Cc2ccccc2)CC1. The molecule has 2 N–H and O–H groups in total. The van der Waals surface area contributed by atoms with Gasteiger partial charge in [-0.15, -0.1) is 0 Å².